The number of benzene rings is 1. The van der Waals surface area contributed by atoms with Crippen LogP contribution in [-0.4, -0.2) is 42.7 Å². The number of rotatable bonds is 6. The van der Waals surface area contributed by atoms with Crippen molar-refractivity contribution in [2.24, 2.45) is 11.7 Å². The van der Waals surface area contributed by atoms with Crippen molar-refractivity contribution in [1.29, 1.82) is 0 Å². The molecule has 7 heteroatoms. The lowest BCUT2D eigenvalue weighted by atomic mass is 9.90. The lowest BCUT2D eigenvalue weighted by molar-refractivity contribution is -0.145. The van der Waals surface area contributed by atoms with Crippen LogP contribution in [0.2, 0.25) is 0 Å². The molecule has 0 bridgehead atoms. The number of likely N-dealkylation sites (tertiary alicyclic amines) is 1. The Morgan fingerprint density at radius 2 is 1.84 bits per heavy atom. The first-order chi connectivity index (χ1) is 11.6. The van der Waals surface area contributed by atoms with Crippen molar-refractivity contribution in [3.8, 4) is 0 Å². The summed E-state index contributed by atoms with van der Waals surface area (Å²) in [5.74, 6) is -0.00946. The summed E-state index contributed by atoms with van der Waals surface area (Å²) >= 11 is 0. The summed E-state index contributed by atoms with van der Waals surface area (Å²) in [5, 5.41) is 0. The second kappa shape index (κ2) is 10.9. The molecule has 1 aromatic carbocycles. The van der Waals surface area contributed by atoms with E-state index in [-0.39, 0.29) is 31.1 Å². The van der Waals surface area contributed by atoms with Gasteiger partial charge in [-0.3, -0.25) is 4.79 Å². The van der Waals surface area contributed by atoms with Gasteiger partial charge in [-0.15, -0.1) is 12.4 Å². The third kappa shape index (κ3) is 6.92. The number of hydrogen-bond donors (Lipinski definition) is 1. The van der Waals surface area contributed by atoms with Gasteiger partial charge in [0.2, 0.25) is 0 Å². The molecular formula is C18H27ClN2O4. The maximum absolute atomic E-state index is 12.1. The molecule has 2 N–H and O–H groups in total. The van der Waals surface area contributed by atoms with Crippen LogP contribution in [0.1, 0.15) is 31.7 Å². The van der Waals surface area contributed by atoms with E-state index >= 15 is 0 Å². The number of amides is 1. The predicted molar refractivity (Wildman–Crippen MR) is 97.4 cm³/mol. The first-order valence-corrected chi connectivity index (χ1v) is 8.48. The predicted octanol–water partition coefficient (Wildman–Crippen LogP) is 2.74. The molecule has 1 amide bonds. The smallest absolute Gasteiger partial charge is 0.410 e. The van der Waals surface area contributed by atoms with Crippen LogP contribution in [0.15, 0.2) is 30.3 Å². The van der Waals surface area contributed by atoms with Crippen LogP contribution in [0.5, 0.6) is 0 Å². The molecule has 0 aliphatic carbocycles. The average Bonchev–Trinajstić information content (AvgIpc) is 2.61. The quantitative estimate of drug-likeness (QED) is 0.778. The average molecular weight is 371 g/mol. The molecule has 0 spiro atoms. The van der Waals surface area contributed by atoms with E-state index in [9.17, 15) is 9.59 Å². The first kappa shape index (κ1) is 21.3. The Hall–Kier alpha value is -1.79. The Kier molecular flexibility index (Phi) is 9.31. The molecular weight excluding hydrogens is 344 g/mol. The molecule has 1 fully saturated rings. The largest absolute Gasteiger partial charge is 0.465 e. The molecule has 1 unspecified atom stereocenters. The Balaban J connectivity index is 0.00000312. The van der Waals surface area contributed by atoms with Gasteiger partial charge in [-0.1, -0.05) is 30.3 Å². The Morgan fingerprint density at radius 3 is 2.44 bits per heavy atom. The molecule has 25 heavy (non-hydrogen) atoms. The fourth-order valence-corrected chi connectivity index (χ4v) is 2.87. The van der Waals surface area contributed by atoms with Crippen LogP contribution < -0.4 is 5.73 Å². The molecule has 0 radical (unpaired) electrons. The lowest BCUT2D eigenvalue weighted by Gasteiger charge is -2.32. The van der Waals surface area contributed by atoms with Gasteiger partial charge in [0.05, 0.1) is 6.61 Å². The normalized spacial score (nSPS) is 15.8. The minimum absolute atomic E-state index is 0. The van der Waals surface area contributed by atoms with E-state index in [1.165, 1.54) is 0 Å². The standard InChI is InChI=1S/C18H26N2O4.ClH/c1-2-23-17(21)16(19)12-14-8-10-20(11-9-14)18(22)24-13-15-6-4-3-5-7-15;/h3-7,14,16H,2,8-13,19H2,1H3;1H. The zero-order valence-corrected chi connectivity index (χ0v) is 15.4. The van der Waals surface area contributed by atoms with E-state index in [4.69, 9.17) is 15.2 Å². The van der Waals surface area contributed by atoms with Crippen molar-refractivity contribution in [2.45, 2.75) is 38.8 Å². The number of ether oxygens (including phenoxy) is 2. The molecule has 1 saturated heterocycles. The molecule has 1 atom stereocenters. The summed E-state index contributed by atoms with van der Waals surface area (Å²) in [7, 11) is 0. The van der Waals surface area contributed by atoms with Gasteiger partial charge in [-0.05, 0) is 37.7 Å². The monoisotopic (exact) mass is 370 g/mol. The van der Waals surface area contributed by atoms with Crippen LogP contribution in [-0.2, 0) is 20.9 Å². The summed E-state index contributed by atoms with van der Waals surface area (Å²) in [6.07, 6.45) is 1.97. The number of halogens is 1. The van der Waals surface area contributed by atoms with Crippen LogP contribution in [0.25, 0.3) is 0 Å². The lowest BCUT2D eigenvalue weighted by Crippen LogP contribution is -2.41. The Bertz CT molecular complexity index is 533. The highest BCUT2D eigenvalue weighted by Crippen LogP contribution is 2.22. The maximum Gasteiger partial charge on any atom is 0.410 e. The molecule has 1 aliphatic rings. The van der Waals surface area contributed by atoms with Crippen LogP contribution in [0, 0.1) is 5.92 Å². The van der Waals surface area contributed by atoms with Gasteiger partial charge in [-0.2, -0.15) is 0 Å². The number of nitrogens with zero attached hydrogens (tertiary/aromatic N) is 1. The molecule has 1 heterocycles. The van der Waals surface area contributed by atoms with E-state index in [0.29, 0.717) is 32.0 Å². The maximum atomic E-state index is 12.1. The fraction of sp³-hybridized carbons (Fsp3) is 0.556. The minimum atomic E-state index is -0.577. The number of carbonyl (C=O) groups is 2. The van der Waals surface area contributed by atoms with Crippen molar-refractivity contribution < 1.29 is 19.1 Å². The third-order valence-electron chi connectivity index (χ3n) is 4.25. The highest BCUT2D eigenvalue weighted by atomic mass is 35.5. The number of carbonyl (C=O) groups excluding carboxylic acids is 2. The fourth-order valence-electron chi connectivity index (χ4n) is 2.87. The highest BCUT2D eigenvalue weighted by molar-refractivity contribution is 5.85. The van der Waals surface area contributed by atoms with E-state index in [0.717, 1.165) is 18.4 Å². The van der Waals surface area contributed by atoms with Crippen molar-refractivity contribution >= 4 is 24.5 Å². The van der Waals surface area contributed by atoms with Crippen LogP contribution in [0.3, 0.4) is 0 Å². The minimum Gasteiger partial charge on any atom is -0.465 e. The van der Waals surface area contributed by atoms with E-state index < -0.39 is 6.04 Å². The molecule has 1 aromatic rings. The second-order valence-electron chi connectivity index (χ2n) is 6.06. The first-order valence-electron chi connectivity index (χ1n) is 8.48. The number of nitrogens with two attached hydrogens (primary N) is 1. The van der Waals surface area contributed by atoms with Crippen molar-refractivity contribution in [3.05, 3.63) is 35.9 Å². The van der Waals surface area contributed by atoms with Crippen molar-refractivity contribution in [1.82, 2.24) is 4.90 Å². The zero-order valence-electron chi connectivity index (χ0n) is 14.6. The molecule has 1 aliphatic heterocycles. The Morgan fingerprint density at radius 1 is 1.20 bits per heavy atom. The van der Waals surface area contributed by atoms with Crippen LogP contribution in [0.4, 0.5) is 4.79 Å². The van der Waals surface area contributed by atoms with Gasteiger partial charge in [-0.25, -0.2) is 4.79 Å². The van der Waals surface area contributed by atoms with Gasteiger partial charge in [0.15, 0.2) is 0 Å². The van der Waals surface area contributed by atoms with E-state index in [1.807, 2.05) is 30.3 Å². The topological polar surface area (TPSA) is 81.9 Å². The summed E-state index contributed by atoms with van der Waals surface area (Å²) in [4.78, 5) is 25.4. The van der Waals surface area contributed by atoms with Gasteiger partial charge < -0.3 is 20.1 Å². The van der Waals surface area contributed by atoms with Gasteiger partial charge in [0.1, 0.15) is 12.6 Å². The zero-order chi connectivity index (χ0) is 17.4. The van der Waals surface area contributed by atoms with Gasteiger partial charge >= 0.3 is 12.1 Å². The molecule has 140 valence electrons. The summed E-state index contributed by atoms with van der Waals surface area (Å²) in [6, 6.07) is 9.04. The summed E-state index contributed by atoms with van der Waals surface area (Å²) < 4.78 is 10.3. The molecule has 0 aromatic heterocycles. The second-order valence-corrected chi connectivity index (χ2v) is 6.06. The van der Waals surface area contributed by atoms with Gasteiger partial charge in [0, 0.05) is 13.1 Å². The Labute approximate surface area is 155 Å². The number of hydrogen-bond acceptors (Lipinski definition) is 5. The van der Waals surface area contributed by atoms with E-state index in [2.05, 4.69) is 0 Å². The molecule has 6 nitrogen and oxygen atoms in total. The van der Waals surface area contributed by atoms with Crippen molar-refractivity contribution in [3.63, 3.8) is 0 Å². The summed E-state index contributed by atoms with van der Waals surface area (Å²) in [6.45, 7) is 3.66. The summed E-state index contributed by atoms with van der Waals surface area (Å²) in [5.41, 5.74) is 6.83. The SMILES string of the molecule is CCOC(=O)C(N)CC1CCN(C(=O)OCc2ccccc2)CC1.Cl. The number of piperidine rings is 1. The van der Waals surface area contributed by atoms with Crippen LogP contribution >= 0.6 is 12.4 Å². The molecule has 0 saturated carbocycles. The van der Waals surface area contributed by atoms with Gasteiger partial charge in [0.25, 0.3) is 0 Å². The van der Waals surface area contributed by atoms with E-state index in [1.54, 1.807) is 11.8 Å². The molecule has 2 rings (SSSR count). The number of esters is 1. The highest BCUT2D eigenvalue weighted by Gasteiger charge is 2.27. The third-order valence-corrected chi connectivity index (χ3v) is 4.25. The van der Waals surface area contributed by atoms with Crippen molar-refractivity contribution in [2.75, 3.05) is 19.7 Å².